The summed E-state index contributed by atoms with van der Waals surface area (Å²) in [4.78, 5) is 24.9. The Morgan fingerprint density at radius 2 is 1.59 bits per heavy atom. The van der Waals surface area contributed by atoms with Crippen LogP contribution >= 0.6 is 0 Å². The number of rotatable bonds is 2. The average Bonchev–Trinajstić information content (AvgIpc) is 2.86. The van der Waals surface area contributed by atoms with Crippen molar-refractivity contribution in [1.29, 1.82) is 0 Å². The molecule has 2 aromatic carbocycles. The molecule has 3 rings (SSSR count). The van der Waals surface area contributed by atoms with Crippen LogP contribution < -0.4 is 0 Å². The minimum Gasteiger partial charge on any atom is -0.465 e. The standard InChI is InChI=1S/C18H15NO3/c1-12-16(18(21)22-2)14-10-6-7-11-15(14)19(12)17(20)13-8-4-3-5-9-13/h3-11H,1-2H3. The average molecular weight is 293 g/mol. The van der Waals surface area contributed by atoms with Gasteiger partial charge in [-0.3, -0.25) is 9.36 Å². The van der Waals surface area contributed by atoms with Gasteiger partial charge in [0.1, 0.15) is 0 Å². The van der Waals surface area contributed by atoms with Crippen molar-refractivity contribution in [2.24, 2.45) is 0 Å². The van der Waals surface area contributed by atoms with Gasteiger partial charge in [-0.15, -0.1) is 0 Å². The molecule has 0 aliphatic heterocycles. The molecule has 0 radical (unpaired) electrons. The molecule has 4 nitrogen and oxygen atoms in total. The molecular weight excluding hydrogens is 278 g/mol. The lowest BCUT2D eigenvalue weighted by atomic mass is 10.1. The van der Waals surface area contributed by atoms with E-state index in [1.807, 2.05) is 42.5 Å². The SMILES string of the molecule is COC(=O)c1c(C)n(C(=O)c2ccccc2)c2ccccc12. The fourth-order valence-corrected chi connectivity index (χ4v) is 2.70. The van der Waals surface area contributed by atoms with E-state index >= 15 is 0 Å². The molecule has 0 N–H and O–H groups in total. The Kier molecular flexibility index (Phi) is 3.51. The van der Waals surface area contributed by atoms with Crippen LogP contribution in [0, 0.1) is 6.92 Å². The molecule has 0 saturated carbocycles. The van der Waals surface area contributed by atoms with Gasteiger partial charge in [0, 0.05) is 16.6 Å². The number of para-hydroxylation sites is 1. The van der Waals surface area contributed by atoms with E-state index in [1.165, 1.54) is 7.11 Å². The lowest BCUT2D eigenvalue weighted by molar-refractivity contribution is 0.0602. The molecule has 1 heterocycles. The highest BCUT2D eigenvalue weighted by Crippen LogP contribution is 2.27. The number of esters is 1. The maximum atomic E-state index is 12.8. The zero-order chi connectivity index (χ0) is 15.7. The summed E-state index contributed by atoms with van der Waals surface area (Å²) in [6.07, 6.45) is 0. The van der Waals surface area contributed by atoms with E-state index < -0.39 is 5.97 Å². The molecule has 0 bridgehead atoms. The normalized spacial score (nSPS) is 10.6. The summed E-state index contributed by atoms with van der Waals surface area (Å²) >= 11 is 0. The number of aromatic nitrogens is 1. The second-order valence-corrected chi connectivity index (χ2v) is 4.98. The van der Waals surface area contributed by atoms with Crippen LogP contribution in [-0.4, -0.2) is 23.6 Å². The molecule has 3 aromatic rings. The van der Waals surface area contributed by atoms with E-state index in [1.54, 1.807) is 23.6 Å². The molecule has 0 atom stereocenters. The summed E-state index contributed by atoms with van der Waals surface area (Å²) in [6.45, 7) is 1.76. The van der Waals surface area contributed by atoms with Gasteiger partial charge in [0.2, 0.25) is 0 Å². The predicted molar refractivity (Wildman–Crippen MR) is 84.2 cm³/mol. The first-order chi connectivity index (χ1) is 10.6. The zero-order valence-electron chi connectivity index (χ0n) is 12.4. The number of hydrogen-bond donors (Lipinski definition) is 0. The summed E-state index contributed by atoms with van der Waals surface area (Å²) in [6, 6.07) is 16.3. The van der Waals surface area contributed by atoms with Crippen LogP contribution in [0.2, 0.25) is 0 Å². The van der Waals surface area contributed by atoms with Gasteiger partial charge in [-0.05, 0) is 25.1 Å². The highest BCUT2D eigenvalue weighted by Gasteiger charge is 2.23. The Morgan fingerprint density at radius 3 is 2.27 bits per heavy atom. The fourth-order valence-electron chi connectivity index (χ4n) is 2.70. The third kappa shape index (κ3) is 2.09. The van der Waals surface area contributed by atoms with Crippen LogP contribution in [0.5, 0.6) is 0 Å². The fraction of sp³-hybridized carbons (Fsp3) is 0.111. The molecule has 0 aliphatic carbocycles. The van der Waals surface area contributed by atoms with Crippen LogP contribution in [0.1, 0.15) is 26.4 Å². The smallest absolute Gasteiger partial charge is 0.340 e. The lowest BCUT2D eigenvalue weighted by Gasteiger charge is -2.07. The van der Waals surface area contributed by atoms with Crippen LogP contribution in [0.4, 0.5) is 0 Å². The summed E-state index contributed by atoms with van der Waals surface area (Å²) in [7, 11) is 1.34. The van der Waals surface area contributed by atoms with E-state index in [0.29, 0.717) is 22.3 Å². The van der Waals surface area contributed by atoms with Crippen LogP contribution in [0.3, 0.4) is 0 Å². The minimum absolute atomic E-state index is 0.163. The molecule has 4 heteroatoms. The van der Waals surface area contributed by atoms with Gasteiger partial charge < -0.3 is 4.74 Å². The van der Waals surface area contributed by atoms with E-state index in [9.17, 15) is 9.59 Å². The number of methoxy groups -OCH3 is 1. The number of nitrogens with zero attached hydrogens (tertiary/aromatic N) is 1. The van der Waals surface area contributed by atoms with E-state index in [0.717, 1.165) is 5.39 Å². The Morgan fingerprint density at radius 1 is 0.955 bits per heavy atom. The molecule has 110 valence electrons. The molecular formula is C18H15NO3. The molecule has 0 amide bonds. The van der Waals surface area contributed by atoms with Crippen molar-refractivity contribution in [3.05, 3.63) is 71.4 Å². The first-order valence-corrected chi connectivity index (χ1v) is 6.93. The van der Waals surface area contributed by atoms with Gasteiger partial charge in [-0.2, -0.15) is 0 Å². The van der Waals surface area contributed by atoms with Gasteiger partial charge in [0.25, 0.3) is 5.91 Å². The molecule has 0 unspecified atom stereocenters. The molecule has 0 fully saturated rings. The van der Waals surface area contributed by atoms with Crippen molar-refractivity contribution in [3.63, 3.8) is 0 Å². The Hall–Kier alpha value is -2.88. The van der Waals surface area contributed by atoms with Gasteiger partial charge in [0.05, 0.1) is 18.2 Å². The van der Waals surface area contributed by atoms with Crippen LogP contribution in [-0.2, 0) is 4.74 Å². The first kappa shape index (κ1) is 14.1. The number of hydrogen-bond acceptors (Lipinski definition) is 3. The quantitative estimate of drug-likeness (QED) is 0.680. The number of fused-ring (bicyclic) bond motifs is 1. The minimum atomic E-state index is -0.437. The molecule has 0 saturated heterocycles. The molecule has 1 aromatic heterocycles. The van der Waals surface area contributed by atoms with Crippen molar-refractivity contribution in [1.82, 2.24) is 4.57 Å². The number of carbonyl (C=O) groups excluding carboxylic acids is 2. The third-order valence-corrected chi connectivity index (χ3v) is 3.72. The summed E-state index contributed by atoms with van der Waals surface area (Å²) < 4.78 is 6.43. The highest BCUT2D eigenvalue weighted by atomic mass is 16.5. The Bertz CT molecular complexity index is 863. The largest absolute Gasteiger partial charge is 0.465 e. The van der Waals surface area contributed by atoms with E-state index in [2.05, 4.69) is 0 Å². The lowest BCUT2D eigenvalue weighted by Crippen LogP contribution is -2.14. The zero-order valence-corrected chi connectivity index (χ0v) is 12.4. The second-order valence-electron chi connectivity index (χ2n) is 4.98. The first-order valence-electron chi connectivity index (χ1n) is 6.93. The van der Waals surface area contributed by atoms with Gasteiger partial charge in [0.15, 0.2) is 0 Å². The maximum Gasteiger partial charge on any atom is 0.340 e. The van der Waals surface area contributed by atoms with E-state index in [-0.39, 0.29) is 5.91 Å². The highest BCUT2D eigenvalue weighted by molar-refractivity contribution is 6.11. The van der Waals surface area contributed by atoms with Crippen molar-refractivity contribution in [2.45, 2.75) is 6.92 Å². The summed E-state index contributed by atoms with van der Waals surface area (Å²) in [5, 5.41) is 0.719. The third-order valence-electron chi connectivity index (χ3n) is 3.72. The summed E-state index contributed by atoms with van der Waals surface area (Å²) in [5.74, 6) is -0.599. The van der Waals surface area contributed by atoms with Crippen LogP contribution in [0.15, 0.2) is 54.6 Å². The molecule has 0 spiro atoms. The van der Waals surface area contributed by atoms with Crippen molar-refractivity contribution >= 4 is 22.8 Å². The van der Waals surface area contributed by atoms with Gasteiger partial charge in [-0.25, -0.2) is 4.79 Å². The maximum absolute atomic E-state index is 12.8. The molecule has 0 aliphatic rings. The Balaban J connectivity index is 2.29. The van der Waals surface area contributed by atoms with Crippen molar-refractivity contribution < 1.29 is 14.3 Å². The van der Waals surface area contributed by atoms with E-state index in [4.69, 9.17) is 4.74 Å². The predicted octanol–water partition coefficient (Wildman–Crippen LogP) is 3.42. The van der Waals surface area contributed by atoms with Crippen LogP contribution in [0.25, 0.3) is 10.9 Å². The van der Waals surface area contributed by atoms with Gasteiger partial charge in [-0.1, -0.05) is 36.4 Å². The second kappa shape index (κ2) is 5.48. The molecule has 22 heavy (non-hydrogen) atoms. The topological polar surface area (TPSA) is 48.3 Å². The van der Waals surface area contributed by atoms with Crippen molar-refractivity contribution in [2.75, 3.05) is 7.11 Å². The number of carbonyl (C=O) groups is 2. The monoisotopic (exact) mass is 293 g/mol. The van der Waals surface area contributed by atoms with Crippen molar-refractivity contribution in [3.8, 4) is 0 Å². The number of benzene rings is 2. The Labute approximate surface area is 127 Å². The van der Waals surface area contributed by atoms with Gasteiger partial charge >= 0.3 is 5.97 Å². The number of ether oxygens (including phenoxy) is 1. The summed E-state index contributed by atoms with van der Waals surface area (Å²) in [5.41, 5.74) is 2.29.